The summed E-state index contributed by atoms with van der Waals surface area (Å²) >= 11 is 1.13. The molecule has 0 saturated carbocycles. The van der Waals surface area contributed by atoms with Crippen molar-refractivity contribution in [3.8, 4) is 0 Å². The number of carbonyl (C=O) groups excluding carboxylic acids is 2. The molecule has 0 atom stereocenters. The van der Waals surface area contributed by atoms with Crippen molar-refractivity contribution in [3.63, 3.8) is 0 Å². The first-order valence-corrected chi connectivity index (χ1v) is 10.9. The molecule has 1 N–H and O–H groups in total. The Morgan fingerprint density at radius 1 is 1.41 bits per heavy atom. The van der Waals surface area contributed by atoms with Crippen molar-refractivity contribution in [2.24, 2.45) is 5.41 Å². The van der Waals surface area contributed by atoms with Gasteiger partial charge in [-0.05, 0) is 62.0 Å². The lowest BCUT2D eigenvalue weighted by molar-refractivity contribution is 0.0160. The van der Waals surface area contributed by atoms with Crippen LogP contribution in [0.25, 0.3) is 0 Å². The smallest absolute Gasteiger partial charge is 0.349 e. The molecule has 2 aromatic heterocycles. The molecule has 1 amide bonds. The first-order chi connectivity index (χ1) is 14.1. The first kappa shape index (κ1) is 20.0. The molecule has 1 saturated heterocycles. The molecule has 9 heteroatoms. The number of aryl methyl sites for hydroxylation is 2. The number of nitrogens with one attached hydrogen (secondary N) is 1. The van der Waals surface area contributed by atoms with Gasteiger partial charge < -0.3 is 14.8 Å². The molecule has 4 heterocycles. The quantitative estimate of drug-likeness (QED) is 0.571. The summed E-state index contributed by atoms with van der Waals surface area (Å²) in [7, 11) is 0. The first-order valence-electron chi connectivity index (χ1n) is 10.1. The molecule has 156 valence electrons. The summed E-state index contributed by atoms with van der Waals surface area (Å²) in [5.74, 6) is -0.383. The van der Waals surface area contributed by atoms with Crippen LogP contribution in [0.4, 0.5) is 0 Å². The summed E-state index contributed by atoms with van der Waals surface area (Å²) in [5.41, 5.74) is 2.72. The van der Waals surface area contributed by atoms with Gasteiger partial charge in [0.25, 0.3) is 5.91 Å². The third-order valence-electron chi connectivity index (χ3n) is 5.81. The van der Waals surface area contributed by atoms with Gasteiger partial charge in [-0.2, -0.15) is 5.10 Å². The number of hydrogen-bond donors (Lipinski definition) is 1. The van der Waals surface area contributed by atoms with Gasteiger partial charge in [-0.1, -0.05) is 0 Å². The summed E-state index contributed by atoms with van der Waals surface area (Å²) in [6.07, 6.45) is 5.64. The van der Waals surface area contributed by atoms with Crippen LogP contribution in [-0.2, 0) is 28.9 Å². The fraction of sp³-hybridized carbons (Fsp3) is 0.600. The molecule has 0 aromatic carbocycles. The van der Waals surface area contributed by atoms with Crippen LogP contribution in [0.5, 0.6) is 0 Å². The van der Waals surface area contributed by atoms with E-state index in [2.05, 4.69) is 9.69 Å². The maximum atomic E-state index is 12.8. The zero-order valence-corrected chi connectivity index (χ0v) is 17.4. The van der Waals surface area contributed by atoms with E-state index in [-0.39, 0.29) is 17.3 Å². The van der Waals surface area contributed by atoms with E-state index in [1.54, 1.807) is 12.3 Å². The molecule has 1 spiro atoms. The second-order valence-corrected chi connectivity index (χ2v) is 8.51. The summed E-state index contributed by atoms with van der Waals surface area (Å²) in [5, 5.41) is 7.84. The molecule has 4 rings (SSSR count). The predicted molar refractivity (Wildman–Crippen MR) is 107 cm³/mol. The highest BCUT2D eigenvalue weighted by Gasteiger charge is 2.39. The molecule has 1 fully saturated rings. The highest BCUT2D eigenvalue weighted by Crippen LogP contribution is 2.37. The highest BCUT2D eigenvalue weighted by atomic mass is 32.1. The largest absolute Gasteiger partial charge is 0.461 e. The molecule has 0 radical (unpaired) electrons. The van der Waals surface area contributed by atoms with E-state index in [1.165, 1.54) is 0 Å². The minimum atomic E-state index is -0.342. The van der Waals surface area contributed by atoms with Crippen molar-refractivity contribution in [2.45, 2.75) is 45.6 Å². The van der Waals surface area contributed by atoms with Gasteiger partial charge in [0.1, 0.15) is 10.6 Å². The van der Waals surface area contributed by atoms with Gasteiger partial charge in [0.05, 0.1) is 12.3 Å². The molecule has 0 unspecified atom stereocenters. The van der Waals surface area contributed by atoms with E-state index in [0.29, 0.717) is 43.1 Å². The maximum Gasteiger partial charge on any atom is 0.349 e. The molecule has 2 aliphatic heterocycles. The van der Waals surface area contributed by atoms with Gasteiger partial charge in [-0.3, -0.25) is 9.48 Å². The SMILES string of the molecule is CCn1nc(CCCOC(=O)c2ccns2)c2c1C(=O)NCC1(CCOCC1)C2. The number of amides is 1. The summed E-state index contributed by atoms with van der Waals surface area (Å²) in [6.45, 7) is 5.10. The lowest BCUT2D eigenvalue weighted by Gasteiger charge is -2.36. The molecule has 2 aromatic rings. The number of esters is 1. The van der Waals surface area contributed by atoms with Crippen LogP contribution < -0.4 is 5.32 Å². The number of nitrogens with zero attached hydrogens (tertiary/aromatic N) is 3. The third kappa shape index (κ3) is 4.20. The van der Waals surface area contributed by atoms with Crippen LogP contribution in [0, 0.1) is 5.41 Å². The van der Waals surface area contributed by atoms with Crippen LogP contribution in [0.15, 0.2) is 12.3 Å². The van der Waals surface area contributed by atoms with Gasteiger partial charge in [-0.25, -0.2) is 9.17 Å². The lowest BCUT2D eigenvalue weighted by atomic mass is 9.75. The van der Waals surface area contributed by atoms with Crippen LogP contribution >= 0.6 is 11.5 Å². The van der Waals surface area contributed by atoms with Gasteiger partial charge in [-0.15, -0.1) is 0 Å². The Kier molecular flexibility index (Phi) is 5.96. The topological polar surface area (TPSA) is 95.3 Å². The number of aromatic nitrogens is 3. The normalized spacial score (nSPS) is 18.2. The lowest BCUT2D eigenvalue weighted by Crippen LogP contribution is -2.40. The molecule has 0 aliphatic carbocycles. The number of rotatable bonds is 6. The molecular formula is C20H26N4O4S. The van der Waals surface area contributed by atoms with Crippen LogP contribution in [-0.4, -0.2) is 52.4 Å². The molecule has 8 nitrogen and oxygen atoms in total. The number of carbonyl (C=O) groups is 2. The van der Waals surface area contributed by atoms with Gasteiger partial charge in [0, 0.05) is 38.1 Å². The Morgan fingerprint density at radius 3 is 2.97 bits per heavy atom. The van der Waals surface area contributed by atoms with Gasteiger partial charge in [0.15, 0.2) is 0 Å². The molecule has 0 bridgehead atoms. The third-order valence-corrected chi connectivity index (χ3v) is 6.53. The van der Waals surface area contributed by atoms with Crippen molar-refractivity contribution in [1.82, 2.24) is 19.5 Å². The Hall–Kier alpha value is -2.26. The molecular weight excluding hydrogens is 392 g/mol. The van der Waals surface area contributed by atoms with E-state index in [4.69, 9.17) is 14.6 Å². The van der Waals surface area contributed by atoms with Crippen molar-refractivity contribution < 1.29 is 19.1 Å². The standard InChI is InChI=1S/C20H26N4O4S/c1-2-24-17-14(12-20(13-21-18(17)25)6-10-27-11-7-20)15(23-24)4-3-9-28-19(26)16-5-8-22-29-16/h5,8H,2-4,6-7,9-13H2,1H3,(H,21,25). The Morgan fingerprint density at radius 2 is 2.24 bits per heavy atom. The van der Waals surface area contributed by atoms with E-state index in [9.17, 15) is 9.59 Å². The average molecular weight is 419 g/mol. The Balaban J connectivity index is 1.47. The highest BCUT2D eigenvalue weighted by molar-refractivity contribution is 7.07. The Labute approximate surface area is 173 Å². The summed E-state index contributed by atoms with van der Waals surface area (Å²) in [4.78, 5) is 25.3. The minimum Gasteiger partial charge on any atom is -0.461 e. The van der Waals surface area contributed by atoms with Crippen molar-refractivity contribution >= 4 is 23.4 Å². The van der Waals surface area contributed by atoms with Crippen LogP contribution in [0.1, 0.15) is 57.6 Å². The monoisotopic (exact) mass is 418 g/mol. The maximum absolute atomic E-state index is 12.8. The fourth-order valence-electron chi connectivity index (χ4n) is 4.16. The Bertz CT molecular complexity index is 871. The van der Waals surface area contributed by atoms with Crippen molar-refractivity contribution in [1.29, 1.82) is 0 Å². The van der Waals surface area contributed by atoms with Crippen molar-refractivity contribution in [3.05, 3.63) is 34.1 Å². The number of ether oxygens (including phenoxy) is 2. The van der Waals surface area contributed by atoms with E-state index >= 15 is 0 Å². The zero-order chi connectivity index (χ0) is 20.3. The minimum absolute atomic E-state index is 0.0359. The summed E-state index contributed by atoms with van der Waals surface area (Å²) < 4.78 is 16.6. The van der Waals surface area contributed by atoms with E-state index in [0.717, 1.165) is 55.3 Å². The van der Waals surface area contributed by atoms with Crippen molar-refractivity contribution in [2.75, 3.05) is 26.4 Å². The van der Waals surface area contributed by atoms with Crippen LogP contribution in [0.2, 0.25) is 0 Å². The van der Waals surface area contributed by atoms with E-state index < -0.39 is 0 Å². The zero-order valence-electron chi connectivity index (χ0n) is 16.6. The van der Waals surface area contributed by atoms with Gasteiger partial charge in [0.2, 0.25) is 0 Å². The second-order valence-electron chi connectivity index (χ2n) is 7.68. The number of hydrogen-bond acceptors (Lipinski definition) is 7. The predicted octanol–water partition coefficient (Wildman–Crippen LogP) is 2.23. The van der Waals surface area contributed by atoms with E-state index in [1.807, 2.05) is 11.6 Å². The van der Waals surface area contributed by atoms with Gasteiger partial charge >= 0.3 is 5.97 Å². The average Bonchev–Trinajstić information content (AvgIpc) is 3.36. The fourth-order valence-corrected chi connectivity index (χ4v) is 4.65. The molecule has 29 heavy (non-hydrogen) atoms. The number of fused-ring (bicyclic) bond motifs is 1. The molecule has 2 aliphatic rings. The van der Waals surface area contributed by atoms with Crippen LogP contribution in [0.3, 0.4) is 0 Å². The second kappa shape index (κ2) is 8.62. The summed E-state index contributed by atoms with van der Waals surface area (Å²) in [6, 6.07) is 1.65.